The monoisotopic (exact) mass is 352 g/mol. The Balaban J connectivity index is 2.43. The highest BCUT2D eigenvalue weighted by molar-refractivity contribution is 7.86. The van der Waals surface area contributed by atoms with Gasteiger partial charge in [0.15, 0.2) is 0 Å². The first-order chi connectivity index (χ1) is 11.4. The third kappa shape index (κ3) is 7.63. The van der Waals surface area contributed by atoms with E-state index in [0.717, 1.165) is 37.7 Å². The van der Waals surface area contributed by atoms with E-state index >= 15 is 0 Å². The van der Waals surface area contributed by atoms with Gasteiger partial charge in [0.05, 0.1) is 11.5 Å². The molecule has 24 heavy (non-hydrogen) atoms. The van der Waals surface area contributed by atoms with Crippen LogP contribution in [0.2, 0.25) is 0 Å². The molecule has 1 unspecified atom stereocenters. The van der Waals surface area contributed by atoms with Crippen molar-refractivity contribution in [2.75, 3.05) is 6.61 Å². The van der Waals surface area contributed by atoms with Crippen molar-refractivity contribution in [1.82, 2.24) is 0 Å². The predicted octanol–water partition coefficient (Wildman–Crippen LogP) is 5.64. The largest absolute Gasteiger partial charge is 0.296 e. The van der Waals surface area contributed by atoms with Gasteiger partial charge in [-0.25, -0.2) is 0 Å². The minimum atomic E-state index is -3.63. The summed E-state index contributed by atoms with van der Waals surface area (Å²) in [5, 5.41) is 0. The summed E-state index contributed by atoms with van der Waals surface area (Å²) >= 11 is 0. The molecule has 1 aromatic rings. The molecule has 0 fully saturated rings. The van der Waals surface area contributed by atoms with Crippen molar-refractivity contribution in [1.29, 1.82) is 0 Å². The zero-order chi connectivity index (χ0) is 18.0. The van der Waals surface area contributed by atoms with Crippen LogP contribution < -0.4 is 0 Å². The van der Waals surface area contributed by atoms with Crippen molar-refractivity contribution in [3.63, 3.8) is 0 Å². The van der Waals surface area contributed by atoms with E-state index < -0.39 is 10.1 Å². The Bertz CT molecular complexity index is 600. The van der Waals surface area contributed by atoms with Crippen molar-refractivity contribution in [2.24, 2.45) is 5.92 Å². The minimum absolute atomic E-state index is 0.235. The number of rotatable bonds is 11. The highest BCUT2D eigenvalue weighted by Gasteiger charge is 2.15. The van der Waals surface area contributed by atoms with Gasteiger partial charge in [0.25, 0.3) is 10.1 Å². The van der Waals surface area contributed by atoms with E-state index in [0.29, 0.717) is 5.92 Å². The SMILES string of the molecule is CCCC(C)=CCCC(CC)CCOS(=O)(=O)c1ccc(C)cc1. The average Bonchev–Trinajstić information content (AvgIpc) is 2.54. The van der Waals surface area contributed by atoms with E-state index in [1.807, 2.05) is 6.92 Å². The van der Waals surface area contributed by atoms with E-state index in [4.69, 9.17) is 4.18 Å². The van der Waals surface area contributed by atoms with Crippen molar-refractivity contribution < 1.29 is 12.6 Å². The Hall–Kier alpha value is -1.13. The number of aryl methyl sites for hydroxylation is 1. The second-order valence-electron chi connectivity index (χ2n) is 6.53. The molecule has 0 radical (unpaired) electrons. The van der Waals surface area contributed by atoms with Gasteiger partial charge in [0.1, 0.15) is 0 Å². The van der Waals surface area contributed by atoms with Gasteiger partial charge in [-0.15, -0.1) is 0 Å². The van der Waals surface area contributed by atoms with Gasteiger partial charge in [0.2, 0.25) is 0 Å². The van der Waals surface area contributed by atoms with Gasteiger partial charge in [-0.05, 0) is 57.6 Å². The van der Waals surface area contributed by atoms with Crippen LogP contribution in [0.3, 0.4) is 0 Å². The smallest absolute Gasteiger partial charge is 0.266 e. The normalized spacial score (nSPS) is 13.9. The first-order valence-corrected chi connectivity index (χ1v) is 10.4. The number of hydrogen-bond donors (Lipinski definition) is 0. The zero-order valence-electron chi connectivity index (χ0n) is 15.5. The van der Waals surface area contributed by atoms with Crippen LogP contribution in [0.4, 0.5) is 0 Å². The summed E-state index contributed by atoms with van der Waals surface area (Å²) in [6.07, 6.45) is 8.65. The standard InChI is InChI=1S/C20H32O3S/c1-5-8-17(3)9-7-10-19(6-2)15-16-23-24(21,22)20-13-11-18(4)12-14-20/h9,11-14,19H,5-8,10,15-16H2,1-4H3. The maximum atomic E-state index is 12.2. The molecule has 3 nitrogen and oxygen atoms in total. The summed E-state index contributed by atoms with van der Waals surface area (Å²) < 4.78 is 29.5. The van der Waals surface area contributed by atoms with Crippen molar-refractivity contribution in [3.05, 3.63) is 41.5 Å². The molecule has 0 aromatic heterocycles. The average molecular weight is 353 g/mol. The lowest BCUT2D eigenvalue weighted by Gasteiger charge is -2.14. The van der Waals surface area contributed by atoms with E-state index in [1.165, 1.54) is 12.0 Å². The van der Waals surface area contributed by atoms with Crippen LogP contribution in [0.25, 0.3) is 0 Å². The van der Waals surface area contributed by atoms with Crippen LogP contribution in [0.5, 0.6) is 0 Å². The fourth-order valence-corrected chi connectivity index (χ4v) is 3.63. The molecule has 0 aliphatic heterocycles. The van der Waals surface area contributed by atoms with Gasteiger partial charge in [-0.1, -0.05) is 56.0 Å². The molecule has 0 aliphatic carbocycles. The van der Waals surface area contributed by atoms with Gasteiger partial charge in [-0.3, -0.25) is 4.18 Å². The molecule has 0 spiro atoms. The van der Waals surface area contributed by atoms with Crippen molar-refractivity contribution >= 4 is 10.1 Å². The molecule has 0 N–H and O–H groups in total. The Morgan fingerprint density at radius 1 is 1.17 bits per heavy atom. The molecule has 4 heteroatoms. The third-order valence-corrected chi connectivity index (χ3v) is 5.69. The van der Waals surface area contributed by atoms with Gasteiger partial charge in [-0.2, -0.15) is 8.42 Å². The van der Waals surface area contributed by atoms with Gasteiger partial charge in [0, 0.05) is 0 Å². The second kappa shape index (κ2) is 10.7. The molecule has 136 valence electrons. The lowest BCUT2D eigenvalue weighted by molar-refractivity contribution is 0.273. The van der Waals surface area contributed by atoms with Crippen LogP contribution in [-0.4, -0.2) is 15.0 Å². The molecule has 0 heterocycles. The summed E-state index contributed by atoms with van der Waals surface area (Å²) in [5.74, 6) is 0.504. The van der Waals surface area contributed by atoms with Crippen LogP contribution in [0, 0.1) is 12.8 Å². The summed E-state index contributed by atoms with van der Waals surface area (Å²) in [6.45, 7) is 8.72. The third-order valence-electron chi connectivity index (χ3n) is 4.36. The van der Waals surface area contributed by atoms with Crippen LogP contribution in [0.15, 0.2) is 40.8 Å². The molecule has 0 bridgehead atoms. The molecule has 1 aromatic carbocycles. The molecular weight excluding hydrogens is 320 g/mol. The molecule has 0 saturated heterocycles. The zero-order valence-corrected chi connectivity index (χ0v) is 16.4. The van der Waals surface area contributed by atoms with E-state index in [2.05, 4.69) is 26.8 Å². The molecule has 1 atom stereocenters. The molecule has 0 saturated carbocycles. The summed E-state index contributed by atoms with van der Waals surface area (Å²) in [7, 11) is -3.63. The van der Waals surface area contributed by atoms with Crippen molar-refractivity contribution in [3.8, 4) is 0 Å². The Kier molecular flexibility index (Phi) is 9.30. The Morgan fingerprint density at radius 3 is 2.42 bits per heavy atom. The van der Waals surface area contributed by atoms with E-state index in [1.54, 1.807) is 24.3 Å². The molecular formula is C20H32O3S. The van der Waals surface area contributed by atoms with Gasteiger partial charge >= 0.3 is 0 Å². The molecule has 0 amide bonds. The van der Waals surface area contributed by atoms with Crippen LogP contribution >= 0.6 is 0 Å². The number of allylic oxidation sites excluding steroid dienone is 2. The first kappa shape index (κ1) is 20.9. The van der Waals surface area contributed by atoms with Crippen LogP contribution in [0.1, 0.15) is 64.9 Å². The molecule has 0 aliphatic rings. The Morgan fingerprint density at radius 2 is 1.83 bits per heavy atom. The summed E-state index contributed by atoms with van der Waals surface area (Å²) in [5.41, 5.74) is 2.48. The first-order valence-electron chi connectivity index (χ1n) is 9.00. The maximum Gasteiger partial charge on any atom is 0.296 e. The predicted molar refractivity (Wildman–Crippen MR) is 101 cm³/mol. The second-order valence-corrected chi connectivity index (χ2v) is 8.15. The number of hydrogen-bond acceptors (Lipinski definition) is 3. The van der Waals surface area contributed by atoms with Crippen molar-refractivity contribution in [2.45, 2.75) is 71.1 Å². The van der Waals surface area contributed by atoms with Gasteiger partial charge < -0.3 is 0 Å². The van der Waals surface area contributed by atoms with E-state index in [9.17, 15) is 8.42 Å². The summed E-state index contributed by atoms with van der Waals surface area (Å²) in [6, 6.07) is 6.78. The fraction of sp³-hybridized carbons (Fsp3) is 0.600. The Labute approximate surface area is 148 Å². The maximum absolute atomic E-state index is 12.2. The lowest BCUT2D eigenvalue weighted by Crippen LogP contribution is -2.11. The van der Waals surface area contributed by atoms with E-state index in [-0.39, 0.29) is 11.5 Å². The summed E-state index contributed by atoms with van der Waals surface area (Å²) in [4.78, 5) is 0.235. The topological polar surface area (TPSA) is 43.4 Å². The fourth-order valence-electron chi connectivity index (χ4n) is 2.71. The highest BCUT2D eigenvalue weighted by atomic mass is 32.2. The highest BCUT2D eigenvalue weighted by Crippen LogP contribution is 2.19. The number of benzene rings is 1. The minimum Gasteiger partial charge on any atom is -0.266 e. The quantitative estimate of drug-likeness (QED) is 0.382. The lowest BCUT2D eigenvalue weighted by atomic mass is 9.96. The van der Waals surface area contributed by atoms with Crippen LogP contribution in [-0.2, 0) is 14.3 Å². The molecule has 1 rings (SSSR count).